The number of carbonyl (C=O) groups is 1. The van der Waals surface area contributed by atoms with Crippen LogP contribution in [-0.4, -0.2) is 25.2 Å². The fourth-order valence-corrected chi connectivity index (χ4v) is 2.60. The third-order valence-corrected chi connectivity index (χ3v) is 3.52. The molecule has 1 heterocycles. The Morgan fingerprint density at radius 3 is 2.74 bits per heavy atom. The summed E-state index contributed by atoms with van der Waals surface area (Å²) in [5.74, 6) is -0.864. The first kappa shape index (κ1) is 14.0. The molecule has 1 fully saturated rings. The molecule has 0 unspecified atom stereocenters. The van der Waals surface area contributed by atoms with E-state index in [1.165, 1.54) is 12.1 Å². The fourth-order valence-electron chi connectivity index (χ4n) is 2.60. The average molecular weight is 265 g/mol. The maximum Gasteiger partial charge on any atom is 0.315 e. The normalized spacial score (nSPS) is 20.8. The molecule has 0 spiro atoms. The Labute approximate surface area is 113 Å². The lowest BCUT2D eigenvalue weighted by Gasteiger charge is -2.30. The van der Waals surface area contributed by atoms with Gasteiger partial charge in [0.2, 0.25) is 0 Å². The Bertz CT molecular complexity index is 413. The van der Waals surface area contributed by atoms with E-state index >= 15 is 0 Å². The molecule has 1 aliphatic rings. The maximum atomic E-state index is 13.0. The van der Waals surface area contributed by atoms with Crippen LogP contribution in [0.2, 0.25) is 0 Å². The maximum absolute atomic E-state index is 13.0. The third-order valence-electron chi connectivity index (χ3n) is 3.52. The zero-order valence-corrected chi connectivity index (χ0v) is 11.2. The molecule has 2 rings (SSSR count). The lowest BCUT2D eigenvalue weighted by atomic mass is 9.86. The molecule has 0 amide bonds. The van der Waals surface area contributed by atoms with Gasteiger partial charge >= 0.3 is 5.97 Å². The number of benzene rings is 1. The summed E-state index contributed by atoms with van der Waals surface area (Å²) in [5.41, 5.74) is 0.819. The van der Waals surface area contributed by atoms with E-state index in [2.05, 4.69) is 5.32 Å². The first-order valence-corrected chi connectivity index (χ1v) is 6.88. The van der Waals surface area contributed by atoms with Crippen LogP contribution in [0.25, 0.3) is 0 Å². The highest BCUT2D eigenvalue weighted by Gasteiger charge is 2.31. The van der Waals surface area contributed by atoms with Crippen LogP contribution < -0.4 is 5.32 Å². The van der Waals surface area contributed by atoms with Gasteiger partial charge in [0, 0.05) is 6.04 Å². The Morgan fingerprint density at radius 2 is 2.16 bits per heavy atom. The first-order chi connectivity index (χ1) is 9.22. The van der Waals surface area contributed by atoms with Gasteiger partial charge in [0.05, 0.1) is 12.5 Å². The summed E-state index contributed by atoms with van der Waals surface area (Å²) in [6.07, 6.45) is 3.19. The highest BCUT2D eigenvalue weighted by molar-refractivity contribution is 5.79. The molecule has 1 aromatic rings. The van der Waals surface area contributed by atoms with Crippen molar-refractivity contribution in [1.29, 1.82) is 0 Å². The summed E-state index contributed by atoms with van der Waals surface area (Å²) in [6.45, 7) is 3.08. The lowest BCUT2D eigenvalue weighted by Crippen LogP contribution is -2.42. The molecule has 0 bridgehead atoms. The van der Waals surface area contributed by atoms with Gasteiger partial charge in [0.1, 0.15) is 5.82 Å². The van der Waals surface area contributed by atoms with Gasteiger partial charge in [-0.2, -0.15) is 0 Å². The van der Waals surface area contributed by atoms with Crippen LogP contribution in [0.1, 0.15) is 37.7 Å². The highest BCUT2D eigenvalue weighted by atomic mass is 19.1. The van der Waals surface area contributed by atoms with Crippen molar-refractivity contribution in [3.63, 3.8) is 0 Å². The quantitative estimate of drug-likeness (QED) is 0.850. The van der Waals surface area contributed by atoms with Crippen molar-refractivity contribution in [2.45, 2.75) is 38.1 Å². The topological polar surface area (TPSA) is 38.3 Å². The van der Waals surface area contributed by atoms with Crippen molar-refractivity contribution in [1.82, 2.24) is 5.32 Å². The molecule has 104 valence electrons. The van der Waals surface area contributed by atoms with E-state index in [1.807, 2.05) is 0 Å². The van der Waals surface area contributed by atoms with E-state index in [4.69, 9.17) is 4.74 Å². The Balaban J connectivity index is 2.22. The Kier molecular flexibility index (Phi) is 4.91. The van der Waals surface area contributed by atoms with Crippen LogP contribution in [0.3, 0.4) is 0 Å². The fraction of sp³-hybridized carbons (Fsp3) is 0.533. The van der Waals surface area contributed by atoms with E-state index in [0.29, 0.717) is 6.61 Å². The van der Waals surface area contributed by atoms with Crippen molar-refractivity contribution < 1.29 is 13.9 Å². The molecule has 1 aromatic carbocycles. The number of esters is 1. The number of hydrogen-bond donors (Lipinski definition) is 1. The molecule has 3 nitrogen and oxygen atoms in total. The Hall–Kier alpha value is -1.42. The summed E-state index contributed by atoms with van der Waals surface area (Å²) in [5, 5.41) is 3.38. The smallest absolute Gasteiger partial charge is 0.315 e. The van der Waals surface area contributed by atoms with E-state index in [1.54, 1.807) is 19.1 Å². The number of halogens is 1. The number of rotatable bonds is 4. The van der Waals surface area contributed by atoms with Gasteiger partial charge in [-0.25, -0.2) is 4.39 Å². The minimum atomic E-state index is -0.346. The number of nitrogens with one attached hydrogen (secondary N) is 1. The summed E-state index contributed by atoms with van der Waals surface area (Å²) in [6, 6.07) is 6.22. The van der Waals surface area contributed by atoms with E-state index < -0.39 is 0 Å². The van der Waals surface area contributed by atoms with Crippen molar-refractivity contribution >= 4 is 5.97 Å². The van der Waals surface area contributed by atoms with Gasteiger partial charge in [0.25, 0.3) is 0 Å². The molecular formula is C15H20FNO2. The highest BCUT2D eigenvalue weighted by Crippen LogP contribution is 2.27. The van der Waals surface area contributed by atoms with Gasteiger partial charge in [-0.15, -0.1) is 0 Å². The summed E-state index contributed by atoms with van der Waals surface area (Å²) >= 11 is 0. The van der Waals surface area contributed by atoms with Crippen molar-refractivity contribution in [2.24, 2.45) is 0 Å². The zero-order chi connectivity index (χ0) is 13.7. The molecule has 1 N–H and O–H groups in total. The monoisotopic (exact) mass is 265 g/mol. The number of hydrogen-bond acceptors (Lipinski definition) is 3. The van der Waals surface area contributed by atoms with Gasteiger partial charge < -0.3 is 10.1 Å². The van der Waals surface area contributed by atoms with Gasteiger partial charge in [0.15, 0.2) is 0 Å². The van der Waals surface area contributed by atoms with Crippen LogP contribution in [0, 0.1) is 5.82 Å². The van der Waals surface area contributed by atoms with Crippen molar-refractivity contribution in [3.8, 4) is 0 Å². The molecule has 0 aromatic heterocycles. The summed E-state index contributed by atoms with van der Waals surface area (Å²) < 4.78 is 18.2. The van der Waals surface area contributed by atoms with Gasteiger partial charge in [-0.05, 0) is 44.0 Å². The van der Waals surface area contributed by atoms with Crippen molar-refractivity contribution in [2.75, 3.05) is 13.2 Å². The number of carbonyl (C=O) groups excluding carboxylic acids is 1. The van der Waals surface area contributed by atoms with E-state index in [9.17, 15) is 9.18 Å². The number of piperidine rings is 1. The van der Waals surface area contributed by atoms with Crippen LogP contribution in [0.15, 0.2) is 24.3 Å². The van der Waals surface area contributed by atoms with Crippen LogP contribution in [-0.2, 0) is 9.53 Å². The number of ether oxygens (including phenoxy) is 1. The first-order valence-electron chi connectivity index (χ1n) is 6.88. The summed E-state index contributed by atoms with van der Waals surface area (Å²) in [4.78, 5) is 12.2. The van der Waals surface area contributed by atoms with Gasteiger partial charge in [-0.3, -0.25) is 4.79 Å². The SMILES string of the molecule is CCOC(=O)[C@H](c1ccc(F)cc1)[C@@H]1CCCCN1. The molecule has 1 saturated heterocycles. The molecule has 0 radical (unpaired) electrons. The van der Waals surface area contributed by atoms with Crippen LogP contribution in [0.5, 0.6) is 0 Å². The standard InChI is InChI=1S/C15H20FNO2/c1-2-19-15(18)14(13-5-3-4-10-17-13)11-6-8-12(16)9-7-11/h6-9,13-14,17H,2-5,10H2,1H3/t13-,14+/m0/s1. The third kappa shape index (κ3) is 3.53. The van der Waals surface area contributed by atoms with Gasteiger partial charge in [-0.1, -0.05) is 18.6 Å². The predicted molar refractivity (Wildman–Crippen MR) is 71.4 cm³/mol. The molecule has 19 heavy (non-hydrogen) atoms. The minimum Gasteiger partial charge on any atom is -0.465 e. The molecular weight excluding hydrogens is 245 g/mol. The second-order valence-corrected chi connectivity index (χ2v) is 4.84. The zero-order valence-electron chi connectivity index (χ0n) is 11.2. The summed E-state index contributed by atoms with van der Waals surface area (Å²) in [7, 11) is 0. The molecule has 4 heteroatoms. The molecule has 2 atom stereocenters. The second-order valence-electron chi connectivity index (χ2n) is 4.84. The van der Waals surface area contributed by atoms with Crippen molar-refractivity contribution in [3.05, 3.63) is 35.6 Å². The molecule has 0 aliphatic carbocycles. The molecule has 0 saturated carbocycles. The van der Waals surface area contributed by atoms with E-state index in [-0.39, 0.29) is 23.7 Å². The largest absolute Gasteiger partial charge is 0.465 e. The molecule has 1 aliphatic heterocycles. The Morgan fingerprint density at radius 1 is 1.42 bits per heavy atom. The second kappa shape index (κ2) is 6.66. The van der Waals surface area contributed by atoms with E-state index in [0.717, 1.165) is 31.4 Å². The van der Waals surface area contributed by atoms with Crippen LogP contribution >= 0.6 is 0 Å². The minimum absolute atomic E-state index is 0.0817. The average Bonchev–Trinajstić information content (AvgIpc) is 2.43. The van der Waals surface area contributed by atoms with Crippen LogP contribution in [0.4, 0.5) is 4.39 Å². The predicted octanol–water partition coefficient (Wildman–Crippen LogP) is 2.61. The lowest BCUT2D eigenvalue weighted by molar-refractivity contribution is -0.145.